The molecule has 2 amide bonds. The predicted octanol–water partition coefficient (Wildman–Crippen LogP) is 3.87. The minimum absolute atomic E-state index is 0.0789. The van der Waals surface area contributed by atoms with E-state index in [9.17, 15) is 9.59 Å². The molecule has 0 bridgehead atoms. The van der Waals surface area contributed by atoms with Crippen molar-refractivity contribution in [1.29, 1.82) is 0 Å². The van der Waals surface area contributed by atoms with Crippen molar-refractivity contribution in [1.82, 2.24) is 15.1 Å². The number of carbonyl (C=O) groups excluding carboxylic acids is 2. The fraction of sp³-hybridized carbons (Fsp3) is 0.346. The summed E-state index contributed by atoms with van der Waals surface area (Å²) < 4.78 is 7.51. The topological polar surface area (TPSA) is 76.5 Å². The zero-order chi connectivity index (χ0) is 22.8. The number of fused-ring (bicyclic) bond motifs is 1. The van der Waals surface area contributed by atoms with Crippen molar-refractivity contribution < 1.29 is 14.3 Å². The molecule has 170 valence electrons. The Kier molecular flexibility index (Phi) is 5.86. The van der Waals surface area contributed by atoms with Crippen LogP contribution in [0.4, 0.5) is 5.69 Å². The third kappa shape index (κ3) is 4.23. The Hall–Kier alpha value is -3.61. The lowest BCUT2D eigenvalue weighted by Crippen LogP contribution is -2.31. The van der Waals surface area contributed by atoms with E-state index >= 15 is 0 Å². The first kappa shape index (κ1) is 21.2. The van der Waals surface area contributed by atoms with E-state index in [-0.39, 0.29) is 17.9 Å². The predicted molar refractivity (Wildman–Crippen MR) is 125 cm³/mol. The summed E-state index contributed by atoms with van der Waals surface area (Å²) in [7, 11) is 1.68. The van der Waals surface area contributed by atoms with Crippen LogP contribution in [0.3, 0.4) is 0 Å². The van der Waals surface area contributed by atoms with Gasteiger partial charge in [-0.05, 0) is 49.9 Å². The quantitative estimate of drug-likeness (QED) is 0.626. The Balaban J connectivity index is 1.33. The van der Waals surface area contributed by atoms with Gasteiger partial charge >= 0.3 is 0 Å². The Morgan fingerprint density at radius 2 is 2.03 bits per heavy atom. The normalized spacial score (nSPS) is 17.7. The van der Waals surface area contributed by atoms with Crippen molar-refractivity contribution in [2.24, 2.45) is 0 Å². The molecule has 1 fully saturated rings. The molecule has 2 aromatic carbocycles. The van der Waals surface area contributed by atoms with E-state index in [1.807, 2.05) is 53.3 Å². The van der Waals surface area contributed by atoms with Crippen LogP contribution in [-0.2, 0) is 17.8 Å². The largest absolute Gasteiger partial charge is 0.496 e. The van der Waals surface area contributed by atoms with E-state index in [1.165, 1.54) is 0 Å². The minimum Gasteiger partial charge on any atom is -0.496 e. The lowest BCUT2D eigenvalue weighted by atomic mass is 9.92. The van der Waals surface area contributed by atoms with E-state index < -0.39 is 0 Å². The van der Waals surface area contributed by atoms with E-state index in [2.05, 4.69) is 10.4 Å². The van der Waals surface area contributed by atoms with Gasteiger partial charge in [0.2, 0.25) is 5.91 Å². The summed E-state index contributed by atoms with van der Waals surface area (Å²) in [5.41, 5.74) is 4.68. The molecule has 0 saturated carbocycles. The van der Waals surface area contributed by atoms with E-state index in [4.69, 9.17) is 4.74 Å². The number of carbonyl (C=O) groups is 2. The van der Waals surface area contributed by atoms with Crippen LogP contribution in [0.2, 0.25) is 0 Å². The van der Waals surface area contributed by atoms with Crippen LogP contribution < -0.4 is 15.0 Å². The zero-order valence-corrected chi connectivity index (χ0v) is 18.8. The number of aromatic nitrogens is 2. The summed E-state index contributed by atoms with van der Waals surface area (Å²) in [4.78, 5) is 26.9. The van der Waals surface area contributed by atoms with Crippen LogP contribution in [-0.4, -0.2) is 35.2 Å². The molecule has 7 nitrogen and oxygen atoms in total. The number of para-hydroxylation sites is 1. The SMILES string of the molecule is COc1ccccc1Cn1ncc2c1CCC[C@@H]2NC(=O)c1cccc(N2CCCC2=O)c1. The maximum atomic E-state index is 13.1. The van der Waals surface area contributed by atoms with Gasteiger partial charge in [-0.25, -0.2) is 0 Å². The zero-order valence-electron chi connectivity index (χ0n) is 18.8. The van der Waals surface area contributed by atoms with Gasteiger partial charge in [0.15, 0.2) is 0 Å². The van der Waals surface area contributed by atoms with E-state index in [1.54, 1.807) is 18.1 Å². The fourth-order valence-corrected chi connectivity index (χ4v) is 4.88. The van der Waals surface area contributed by atoms with Crippen LogP contribution in [0.15, 0.2) is 54.7 Å². The highest BCUT2D eigenvalue weighted by molar-refractivity contribution is 5.99. The molecule has 7 heteroatoms. The Bertz CT molecular complexity index is 1190. The number of anilines is 1. The second kappa shape index (κ2) is 9.10. The first-order valence-electron chi connectivity index (χ1n) is 11.5. The molecule has 3 aromatic rings. The van der Waals surface area contributed by atoms with Gasteiger partial charge in [-0.3, -0.25) is 14.3 Å². The molecule has 1 aliphatic carbocycles. The van der Waals surface area contributed by atoms with Crippen molar-refractivity contribution in [3.63, 3.8) is 0 Å². The number of benzene rings is 2. The molecule has 0 unspecified atom stereocenters. The Morgan fingerprint density at radius 1 is 1.15 bits per heavy atom. The summed E-state index contributed by atoms with van der Waals surface area (Å²) >= 11 is 0. The number of hydrogen-bond acceptors (Lipinski definition) is 4. The third-order valence-electron chi connectivity index (χ3n) is 6.57. The van der Waals surface area contributed by atoms with Gasteiger partial charge < -0.3 is 15.0 Å². The average Bonchev–Trinajstić information content (AvgIpc) is 3.46. The lowest BCUT2D eigenvalue weighted by molar-refractivity contribution is -0.117. The molecule has 0 radical (unpaired) electrons. The second-order valence-electron chi connectivity index (χ2n) is 8.63. The van der Waals surface area contributed by atoms with Crippen molar-refractivity contribution in [3.05, 3.63) is 77.1 Å². The van der Waals surface area contributed by atoms with Gasteiger partial charge in [0.25, 0.3) is 5.91 Å². The lowest BCUT2D eigenvalue weighted by Gasteiger charge is -2.25. The van der Waals surface area contributed by atoms with Gasteiger partial charge in [-0.1, -0.05) is 24.3 Å². The Labute approximate surface area is 193 Å². The van der Waals surface area contributed by atoms with Gasteiger partial charge in [0.05, 0.1) is 25.9 Å². The minimum atomic E-state index is -0.126. The highest BCUT2D eigenvalue weighted by atomic mass is 16.5. The molecule has 1 aromatic heterocycles. The highest BCUT2D eigenvalue weighted by Crippen LogP contribution is 2.31. The van der Waals surface area contributed by atoms with Crippen molar-refractivity contribution in [3.8, 4) is 5.75 Å². The van der Waals surface area contributed by atoms with Crippen LogP contribution in [0.5, 0.6) is 5.75 Å². The maximum Gasteiger partial charge on any atom is 0.251 e. The van der Waals surface area contributed by atoms with Gasteiger partial charge in [0.1, 0.15) is 5.75 Å². The summed E-state index contributed by atoms with van der Waals surface area (Å²) in [6.07, 6.45) is 6.11. The molecule has 1 atom stereocenters. The Morgan fingerprint density at radius 3 is 2.85 bits per heavy atom. The maximum absolute atomic E-state index is 13.1. The van der Waals surface area contributed by atoms with Crippen molar-refractivity contribution >= 4 is 17.5 Å². The van der Waals surface area contributed by atoms with E-state index in [0.29, 0.717) is 25.1 Å². The molecular weight excluding hydrogens is 416 g/mol. The number of nitrogens with one attached hydrogen (secondary N) is 1. The van der Waals surface area contributed by atoms with Crippen molar-refractivity contribution in [2.75, 3.05) is 18.6 Å². The molecule has 0 spiro atoms. The first-order chi connectivity index (χ1) is 16.1. The number of hydrogen-bond donors (Lipinski definition) is 1. The van der Waals surface area contributed by atoms with Gasteiger partial charge in [-0.15, -0.1) is 0 Å². The fourth-order valence-electron chi connectivity index (χ4n) is 4.88. The molecule has 1 saturated heterocycles. The molecule has 33 heavy (non-hydrogen) atoms. The third-order valence-corrected chi connectivity index (χ3v) is 6.57. The summed E-state index contributed by atoms with van der Waals surface area (Å²) in [6.45, 7) is 1.34. The first-order valence-corrected chi connectivity index (χ1v) is 11.5. The smallest absolute Gasteiger partial charge is 0.251 e. The number of ether oxygens (including phenoxy) is 1. The summed E-state index contributed by atoms with van der Waals surface area (Å²) in [5.74, 6) is 0.838. The van der Waals surface area contributed by atoms with Crippen LogP contribution in [0.1, 0.15) is 58.9 Å². The number of nitrogens with zero attached hydrogens (tertiary/aromatic N) is 3. The molecule has 2 heterocycles. The summed E-state index contributed by atoms with van der Waals surface area (Å²) in [6, 6.07) is 15.2. The van der Waals surface area contributed by atoms with Crippen LogP contribution in [0.25, 0.3) is 0 Å². The monoisotopic (exact) mass is 444 g/mol. The number of methoxy groups -OCH3 is 1. The highest BCUT2D eigenvalue weighted by Gasteiger charge is 2.27. The molecule has 5 rings (SSSR count). The molecular formula is C26H28N4O3. The van der Waals surface area contributed by atoms with E-state index in [0.717, 1.165) is 53.9 Å². The van der Waals surface area contributed by atoms with Crippen LogP contribution in [0, 0.1) is 0 Å². The standard InChI is InChI=1S/C26H28N4O3/c1-33-24-12-3-2-7-19(24)17-30-23-11-5-10-22(21(23)16-27-30)28-26(32)18-8-4-9-20(15-18)29-14-6-13-25(29)31/h2-4,7-9,12,15-16,22H,5-6,10-11,13-14,17H2,1H3,(H,28,32)/t22-/m0/s1. The number of amides is 2. The number of rotatable bonds is 6. The second-order valence-corrected chi connectivity index (χ2v) is 8.63. The molecule has 1 N–H and O–H groups in total. The molecule has 2 aliphatic rings. The van der Waals surface area contributed by atoms with Gasteiger partial charge in [0, 0.05) is 41.0 Å². The average molecular weight is 445 g/mol. The van der Waals surface area contributed by atoms with Crippen LogP contribution >= 0.6 is 0 Å². The van der Waals surface area contributed by atoms with Gasteiger partial charge in [-0.2, -0.15) is 5.10 Å². The van der Waals surface area contributed by atoms with Crippen molar-refractivity contribution in [2.45, 2.75) is 44.7 Å². The summed E-state index contributed by atoms with van der Waals surface area (Å²) in [5, 5.41) is 7.84. The molecule has 1 aliphatic heterocycles.